The monoisotopic (exact) mass is 209 g/mol. The second-order valence-corrected chi connectivity index (χ2v) is 2.83. The van der Waals surface area contributed by atoms with Crippen molar-refractivity contribution in [2.24, 2.45) is 0 Å². The maximum Gasteiger partial charge on any atom is 0.357 e. The molecule has 1 rings (SSSR count). The smallest absolute Gasteiger partial charge is 0.357 e. The summed E-state index contributed by atoms with van der Waals surface area (Å²) in [5.41, 5.74) is 0.744. The molecular weight excluding hydrogens is 198 g/mol. The highest BCUT2D eigenvalue weighted by atomic mass is 16.5. The van der Waals surface area contributed by atoms with Gasteiger partial charge in [0.25, 0.3) is 0 Å². The number of hydrogen-bond donors (Lipinski definition) is 0. The lowest BCUT2D eigenvalue weighted by molar-refractivity contribution is 0.0549. The van der Waals surface area contributed by atoms with Crippen LogP contribution >= 0.6 is 0 Å². The molecule has 0 fully saturated rings. The number of esters is 2. The third-order valence-electron chi connectivity index (χ3n) is 1.93. The fourth-order valence-electron chi connectivity index (χ4n) is 1.17. The highest BCUT2D eigenvalue weighted by Gasteiger charge is 2.21. The lowest BCUT2D eigenvalue weighted by Gasteiger charge is -2.07. The summed E-state index contributed by atoms with van der Waals surface area (Å²) in [5, 5.41) is 0. The first-order valence-electron chi connectivity index (χ1n) is 4.24. The van der Waals surface area contributed by atoms with Gasteiger partial charge in [-0.3, -0.25) is 0 Å². The van der Waals surface area contributed by atoms with Crippen molar-refractivity contribution in [2.75, 3.05) is 14.2 Å². The third kappa shape index (κ3) is 2.12. The summed E-state index contributed by atoms with van der Waals surface area (Å²) in [6.45, 7) is 1.69. The van der Waals surface area contributed by atoms with Crippen LogP contribution < -0.4 is 0 Å². The average Bonchev–Trinajstić information content (AvgIpc) is 2.26. The molecule has 0 N–H and O–H groups in total. The van der Waals surface area contributed by atoms with E-state index in [2.05, 4.69) is 14.5 Å². The minimum absolute atomic E-state index is 0.0237. The predicted octanol–water partition coefficient (Wildman–Crippen LogP) is 0.963. The number of methoxy groups -OCH3 is 2. The predicted molar refractivity (Wildman–Crippen MR) is 51.7 cm³/mol. The molecule has 80 valence electrons. The van der Waals surface area contributed by atoms with Crippen molar-refractivity contribution < 1.29 is 19.1 Å². The van der Waals surface area contributed by atoms with Crippen molar-refractivity contribution in [3.63, 3.8) is 0 Å². The molecule has 0 aliphatic heterocycles. The van der Waals surface area contributed by atoms with Crippen LogP contribution in [0.25, 0.3) is 0 Å². The quantitative estimate of drug-likeness (QED) is 0.679. The van der Waals surface area contributed by atoms with Crippen LogP contribution in [0, 0.1) is 6.92 Å². The number of rotatable bonds is 2. The number of nitrogens with zero attached hydrogens (tertiary/aromatic N) is 1. The number of ether oxygens (including phenoxy) is 2. The van der Waals surface area contributed by atoms with Crippen LogP contribution in [0.2, 0.25) is 0 Å². The molecule has 0 radical (unpaired) electrons. The molecule has 0 saturated carbocycles. The van der Waals surface area contributed by atoms with E-state index < -0.39 is 11.9 Å². The van der Waals surface area contributed by atoms with Gasteiger partial charge in [0.05, 0.1) is 19.8 Å². The number of aryl methyl sites for hydroxylation is 1. The Bertz CT molecular complexity index is 400. The van der Waals surface area contributed by atoms with Crippen molar-refractivity contribution in [2.45, 2.75) is 6.92 Å². The molecule has 1 heterocycles. The molecule has 5 nitrogen and oxygen atoms in total. The molecule has 0 amide bonds. The van der Waals surface area contributed by atoms with Crippen LogP contribution in [-0.2, 0) is 9.47 Å². The van der Waals surface area contributed by atoms with Gasteiger partial charge in [0.1, 0.15) is 0 Å². The fourth-order valence-corrected chi connectivity index (χ4v) is 1.17. The molecule has 15 heavy (non-hydrogen) atoms. The summed E-state index contributed by atoms with van der Waals surface area (Å²) in [5.74, 6) is -1.25. The summed E-state index contributed by atoms with van der Waals surface area (Å²) < 4.78 is 9.08. The summed E-state index contributed by atoms with van der Waals surface area (Å²) in [6.07, 6.45) is 1.44. The Kier molecular flexibility index (Phi) is 3.38. The van der Waals surface area contributed by atoms with Crippen LogP contribution in [0.3, 0.4) is 0 Å². The van der Waals surface area contributed by atoms with Gasteiger partial charge in [0, 0.05) is 6.20 Å². The van der Waals surface area contributed by atoms with Gasteiger partial charge in [-0.25, -0.2) is 14.6 Å². The second-order valence-electron chi connectivity index (χ2n) is 2.83. The maximum atomic E-state index is 11.4. The van der Waals surface area contributed by atoms with E-state index in [1.807, 2.05) is 0 Å². The van der Waals surface area contributed by atoms with Crippen molar-refractivity contribution in [1.82, 2.24) is 4.98 Å². The summed E-state index contributed by atoms with van der Waals surface area (Å²) >= 11 is 0. The normalized spacial score (nSPS) is 9.53. The first-order valence-corrected chi connectivity index (χ1v) is 4.24. The number of aromatic nitrogens is 1. The Morgan fingerprint density at radius 2 is 1.80 bits per heavy atom. The maximum absolute atomic E-state index is 11.4. The van der Waals surface area contributed by atoms with E-state index in [9.17, 15) is 9.59 Å². The van der Waals surface area contributed by atoms with Crippen LogP contribution in [-0.4, -0.2) is 31.1 Å². The number of hydrogen-bond acceptors (Lipinski definition) is 5. The average molecular weight is 209 g/mol. The number of pyridine rings is 1. The summed E-state index contributed by atoms with van der Waals surface area (Å²) in [7, 11) is 2.48. The van der Waals surface area contributed by atoms with Crippen molar-refractivity contribution in [3.05, 3.63) is 29.1 Å². The summed E-state index contributed by atoms with van der Waals surface area (Å²) in [6, 6.07) is 1.62. The van der Waals surface area contributed by atoms with Crippen molar-refractivity contribution >= 4 is 11.9 Å². The Labute approximate surface area is 87.0 Å². The van der Waals surface area contributed by atoms with Gasteiger partial charge in [0.2, 0.25) is 0 Å². The molecule has 0 saturated heterocycles. The first kappa shape index (κ1) is 11.2. The lowest BCUT2D eigenvalue weighted by atomic mass is 10.1. The minimum Gasteiger partial charge on any atom is -0.465 e. The minimum atomic E-state index is -0.654. The van der Waals surface area contributed by atoms with Gasteiger partial charge in [-0.2, -0.15) is 0 Å². The SMILES string of the molecule is COC(=O)c1nccc(C)c1C(=O)OC. The molecule has 0 bridgehead atoms. The van der Waals surface area contributed by atoms with E-state index in [-0.39, 0.29) is 11.3 Å². The standard InChI is InChI=1S/C10H11NO4/c1-6-4-5-11-8(10(13)15-3)7(6)9(12)14-2/h4-5H,1-3H3. The van der Waals surface area contributed by atoms with Gasteiger partial charge in [0.15, 0.2) is 5.69 Å². The van der Waals surface area contributed by atoms with Crippen LogP contribution in [0.4, 0.5) is 0 Å². The van der Waals surface area contributed by atoms with E-state index in [0.29, 0.717) is 5.56 Å². The molecule has 0 unspecified atom stereocenters. The lowest BCUT2D eigenvalue weighted by Crippen LogP contribution is -2.15. The molecule has 0 aliphatic carbocycles. The largest absolute Gasteiger partial charge is 0.465 e. The molecule has 1 aromatic rings. The Balaban J connectivity index is 3.32. The van der Waals surface area contributed by atoms with E-state index in [0.717, 1.165) is 0 Å². The zero-order valence-corrected chi connectivity index (χ0v) is 8.73. The molecule has 0 aliphatic rings. The van der Waals surface area contributed by atoms with Crippen molar-refractivity contribution in [3.8, 4) is 0 Å². The Hall–Kier alpha value is -1.91. The van der Waals surface area contributed by atoms with Gasteiger partial charge in [-0.1, -0.05) is 0 Å². The third-order valence-corrected chi connectivity index (χ3v) is 1.93. The zero-order valence-electron chi connectivity index (χ0n) is 8.73. The second kappa shape index (κ2) is 4.54. The number of carbonyl (C=O) groups is 2. The van der Waals surface area contributed by atoms with E-state index in [1.165, 1.54) is 20.4 Å². The van der Waals surface area contributed by atoms with Gasteiger partial charge >= 0.3 is 11.9 Å². The fraction of sp³-hybridized carbons (Fsp3) is 0.300. The number of carbonyl (C=O) groups excluding carboxylic acids is 2. The van der Waals surface area contributed by atoms with E-state index in [1.54, 1.807) is 13.0 Å². The molecule has 0 atom stereocenters. The molecular formula is C10H11NO4. The topological polar surface area (TPSA) is 65.5 Å². The van der Waals surface area contributed by atoms with E-state index in [4.69, 9.17) is 0 Å². The van der Waals surface area contributed by atoms with Crippen LogP contribution in [0.5, 0.6) is 0 Å². The Morgan fingerprint density at radius 1 is 1.20 bits per heavy atom. The van der Waals surface area contributed by atoms with E-state index >= 15 is 0 Å². The van der Waals surface area contributed by atoms with Crippen molar-refractivity contribution in [1.29, 1.82) is 0 Å². The van der Waals surface area contributed by atoms with Gasteiger partial charge < -0.3 is 9.47 Å². The van der Waals surface area contributed by atoms with Crippen LogP contribution in [0.15, 0.2) is 12.3 Å². The first-order chi connectivity index (χ1) is 7.11. The molecule has 1 aromatic heterocycles. The highest BCUT2D eigenvalue weighted by Crippen LogP contribution is 2.13. The van der Waals surface area contributed by atoms with Crippen LogP contribution in [0.1, 0.15) is 26.4 Å². The molecule has 0 aromatic carbocycles. The molecule has 0 spiro atoms. The highest BCUT2D eigenvalue weighted by molar-refractivity contribution is 6.02. The Morgan fingerprint density at radius 3 is 2.33 bits per heavy atom. The van der Waals surface area contributed by atoms with Gasteiger partial charge in [-0.15, -0.1) is 0 Å². The van der Waals surface area contributed by atoms with Gasteiger partial charge in [-0.05, 0) is 18.6 Å². The zero-order chi connectivity index (χ0) is 11.4. The summed E-state index contributed by atoms with van der Waals surface area (Å²) in [4.78, 5) is 26.5. The molecule has 5 heteroatoms.